The van der Waals surface area contributed by atoms with E-state index in [0.29, 0.717) is 26.5 Å². The molecule has 2 aromatic carbocycles. The first-order valence-corrected chi connectivity index (χ1v) is 10.4. The SMILES string of the molecule is CCCSC1=NC(=Cc2ccc(Cl)cc2Cl)C(=O)N1c1ccc(OC(F)F)cc1. The molecule has 0 N–H and O–H groups in total. The zero-order chi connectivity index (χ0) is 21.0. The quantitative estimate of drug-likeness (QED) is 0.466. The second kappa shape index (κ2) is 9.61. The molecule has 0 aromatic heterocycles. The molecule has 1 amide bonds. The van der Waals surface area contributed by atoms with E-state index in [1.54, 1.807) is 24.3 Å². The Bertz CT molecular complexity index is 965. The Kier molecular flexibility index (Phi) is 7.16. The van der Waals surface area contributed by atoms with Crippen molar-refractivity contribution in [3.63, 3.8) is 0 Å². The van der Waals surface area contributed by atoms with E-state index in [-0.39, 0.29) is 17.4 Å². The predicted molar refractivity (Wildman–Crippen MR) is 115 cm³/mol. The number of rotatable bonds is 6. The molecule has 152 valence electrons. The number of hydrogen-bond donors (Lipinski definition) is 0. The van der Waals surface area contributed by atoms with Crippen LogP contribution in [0.3, 0.4) is 0 Å². The lowest BCUT2D eigenvalue weighted by atomic mass is 10.2. The summed E-state index contributed by atoms with van der Waals surface area (Å²) < 4.78 is 29.1. The van der Waals surface area contributed by atoms with Gasteiger partial charge in [-0.05, 0) is 54.5 Å². The van der Waals surface area contributed by atoms with E-state index in [9.17, 15) is 13.6 Å². The number of benzene rings is 2. The summed E-state index contributed by atoms with van der Waals surface area (Å²) in [5.41, 5.74) is 1.34. The van der Waals surface area contributed by atoms with Crippen LogP contribution in [0.15, 0.2) is 53.2 Å². The van der Waals surface area contributed by atoms with Crippen LogP contribution in [0.25, 0.3) is 6.08 Å². The second-order valence-electron chi connectivity index (χ2n) is 5.95. The second-order valence-corrected chi connectivity index (χ2v) is 7.86. The van der Waals surface area contributed by atoms with Gasteiger partial charge in [-0.2, -0.15) is 8.78 Å². The maximum Gasteiger partial charge on any atom is 0.387 e. The van der Waals surface area contributed by atoms with Crippen LogP contribution in [0, 0.1) is 0 Å². The van der Waals surface area contributed by atoms with Gasteiger partial charge in [-0.1, -0.05) is 48.0 Å². The van der Waals surface area contributed by atoms with Gasteiger partial charge in [0.15, 0.2) is 5.17 Å². The van der Waals surface area contributed by atoms with Crippen molar-refractivity contribution >= 4 is 57.8 Å². The Hall–Kier alpha value is -2.09. The fourth-order valence-corrected chi connectivity index (χ4v) is 3.89. The number of alkyl halides is 2. The molecule has 29 heavy (non-hydrogen) atoms. The highest BCUT2D eigenvalue weighted by Gasteiger charge is 2.32. The van der Waals surface area contributed by atoms with Gasteiger partial charge in [0.2, 0.25) is 0 Å². The van der Waals surface area contributed by atoms with E-state index in [1.807, 2.05) is 6.92 Å². The molecule has 1 aliphatic rings. The number of carbonyl (C=O) groups excluding carboxylic acids is 1. The third kappa shape index (κ3) is 5.29. The average molecular weight is 457 g/mol. The normalized spacial score (nSPS) is 15.4. The summed E-state index contributed by atoms with van der Waals surface area (Å²) in [7, 11) is 0. The average Bonchev–Trinajstić information content (AvgIpc) is 2.98. The highest BCUT2D eigenvalue weighted by molar-refractivity contribution is 8.14. The molecular formula is C20H16Cl2F2N2O2S. The Morgan fingerprint density at radius 2 is 1.93 bits per heavy atom. The molecule has 0 atom stereocenters. The molecule has 0 spiro atoms. The molecule has 0 fully saturated rings. The van der Waals surface area contributed by atoms with Gasteiger partial charge >= 0.3 is 6.61 Å². The molecule has 0 bridgehead atoms. The van der Waals surface area contributed by atoms with E-state index >= 15 is 0 Å². The van der Waals surface area contributed by atoms with Crippen molar-refractivity contribution in [3.8, 4) is 5.75 Å². The Morgan fingerprint density at radius 3 is 2.55 bits per heavy atom. The largest absolute Gasteiger partial charge is 0.435 e. The first-order valence-electron chi connectivity index (χ1n) is 8.66. The lowest BCUT2D eigenvalue weighted by molar-refractivity contribution is -0.113. The summed E-state index contributed by atoms with van der Waals surface area (Å²) in [6.45, 7) is -0.889. The number of anilines is 1. The Balaban J connectivity index is 1.93. The number of carbonyl (C=O) groups is 1. The monoisotopic (exact) mass is 456 g/mol. The van der Waals surface area contributed by atoms with Gasteiger partial charge in [0, 0.05) is 15.8 Å². The number of thioether (sulfide) groups is 1. The van der Waals surface area contributed by atoms with Gasteiger partial charge < -0.3 is 4.74 Å². The minimum atomic E-state index is -2.91. The van der Waals surface area contributed by atoms with Crippen LogP contribution in [0.1, 0.15) is 18.9 Å². The maximum absolute atomic E-state index is 13.0. The summed E-state index contributed by atoms with van der Waals surface area (Å²) in [6.07, 6.45) is 2.50. The first-order chi connectivity index (χ1) is 13.9. The molecule has 0 aliphatic carbocycles. The molecule has 2 aromatic rings. The molecule has 0 saturated heterocycles. The fourth-order valence-electron chi connectivity index (χ4n) is 2.56. The molecule has 0 radical (unpaired) electrons. The van der Waals surface area contributed by atoms with Gasteiger partial charge in [0.25, 0.3) is 5.91 Å². The van der Waals surface area contributed by atoms with E-state index in [2.05, 4.69) is 9.73 Å². The minimum Gasteiger partial charge on any atom is -0.435 e. The number of hydrogen-bond acceptors (Lipinski definition) is 4. The molecule has 4 nitrogen and oxygen atoms in total. The van der Waals surface area contributed by atoms with Crippen molar-refractivity contribution in [1.82, 2.24) is 0 Å². The Labute approximate surface area is 181 Å². The van der Waals surface area contributed by atoms with Crippen LogP contribution in [0.4, 0.5) is 14.5 Å². The van der Waals surface area contributed by atoms with Gasteiger partial charge in [-0.15, -0.1) is 0 Å². The molecule has 3 rings (SSSR count). The number of halogens is 4. The van der Waals surface area contributed by atoms with Gasteiger partial charge in [0.05, 0.1) is 5.69 Å². The first kappa shape index (κ1) is 21.6. The third-order valence-corrected chi connectivity index (χ3v) is 5.55. The summed E-state index contributed by atoms with van der Waals surface area (Å²) in [5, 5.41) is 1.41. The fraction of sp³-hybridized carbons (Fsp3) is 0.200. The van der Waals surface area contributed by atoms with Crippen LogP contribution in [-0.2, 0) is 4.79 Å². The molecule has 0 saturated carbocycles. The molecule has 1 aliphatic heterocycles. The highest BCUT2D eigenvalue weighted by Crippen LogP contribution is 2.32. The van der Waals surface area contributed by atoms with E-state index in [1.165, 1.54) is 40.9 Å². The lowest BCUT2D eigenvalue weighted by Crippen LogP contribution is -2.30. The number of amides is 1. The van der Waals surface area contributed by atoms with Crippen LogP contribution in [0.5, 0.6) is 5.75 Å². The number of ether oxygens (including phenoxy) is 1. The van der Waals surface area contributed by atoms with Crippen LogP contribution in [-0.4, -0.2) is 23.4 Å². The van der Waals surface area contributed by atoms with E-state index in [0.717, 1.165) is 12.2 Å². The van der Waals surface area contributed by atoms with Crippen molar-refractivity contribution in [2.45, 2.75) is 20.0 Å². The van der Waals surface area contributed by atoms with Crippen molar-refractivity contribution in [2.24, 2.45) is 4.99 Å². The zero-order valence-corrected chi connectivity index (χ0v) is 17.6. The summed E-state index contributed by atoms with van der Waals surface area (Å²) in [5.74, 6) is 0.445. The molecule has 0 unspecified atom stereocenters. The molecular weight excluding hydrogens is 441 g/mol. The van der Waals surface area contributed by atoms with Crippen molar-refractivity contribution < 1.29 is 18.3 Å². The van der Waals surface area contributed by atoms with Gasteiger partial charge in [-0.3, -0.25) is 9.69 Å². The van der Waals surface area contributed by atoms with Crippen LogP contribution in [0.2, 0.25) is 10.0 Å². The standard InChI is InChI=1S/C20H16Cl2F2N2O2S/c1-2-9-29-20-25-17(10-12-3-4-13(21)11-16(12)22)18(27)26(20)14-5-7-15(8-6-14)28-19(23)24/h3-8,10-11,19H,2,9H2,1H3. The van der Waals surface area contributed by atoms with E-state index in [4.69, 9.17) is 23.2 Å². The van der Waals surface area contributed by atoms with Crippen LogP contribution < -0.4 is 9.64 Å². The van der Waals surface area contributed by atoms with Crippen molar-refractivity contribution in [1.29, 1.82) is 0 Å². The summed E-state index contributed by atoms with van der Waals surface area (Å²) in [4.78, 5) is 18.9. The number of amidine groups is 1. The molecule has 1 heterocycles. The van der Waals surface area contributed by atoms with Gasteiger partial charge in [-0.25, -0.2) is 4.99 Å². The third-order valence-electron chi connectivity index (χ3n) is 3.84. The van der Waals surface area contributed by atoms with Crippen molar-refractivity contribution in [2.75, 3.05) is 10.7 Å². The Morgan fingerprint density at radius 1 is 1.21 bits per heavy atom. The zero-order valence-electron chi connectivity index (χ0n) is 15.2. The van der Waals surface area contributed by atoms with Gasteiger partial charge in [0.1, 0.15) is 11.4 Å². The summed E-state index contributed by atoms with van der Waals surface area (Å²) in [6, 6.07) is 10.8. The van der Waals surface area contributed by atoms with Crippen LogP contribution >= 0.6 is 35.0 Å². The maximum atomic E-state index is 13.0. The minimum absolute atomic E-state index is 0.0128. The molecule has 9 heteroatoms. The highest BCUT2D eigenvalue weighted by atomic mass is 35.5. The topological polar surface area (TPSA) is 41.9 Å². The van der Waals surface area contributed by atoms with E-state index < -0.39 is 6.61 Å². The summed E-state index contributed by atoms with van der Waals surface area (Å²) >= 11 is 13.6. The number of nitrogens with zero attached hydrogens (tertiary/aromatic N) is 2. The number of aliphatic imine (C=N–C) groups is 1. The lowest BCUT2D eigenvalue weighted by Gasteiger charge is -2.18. The smallest absolute Gasteiger partial charge is 0.387 e. The predicted octanol–water partition coefficient (Wildman–Crippen LogP) is 6.48. The van der Waals surface area contributed by atoms with Crippen molar-refractivity contribution in [3.05, 3.63) is 63.8 Å².